The number of fused-ring (bicyclic) bond motifs is 1. The Hall–Kier alpha value is -1.02. The molecule has 1 heterocycles. The molecule has 1 atom stereocenters. The van der Waals surface area contributed by atoms with Gasteiger partial charge in [0, 0.05) is 18.0 Å². The molecule has 1 aromatic rings. The number of hydrogen-bond donors (Lipinski definition) is 1. The second kappa shape index (κ2) is 2.79. The summed E-state index contributed by atoms with van der Waals surface area (Å²) < 4.78 is 5.51. The molecule has 2 N–H and O–H groups in total. The van der Waals surface area contributed by atoms with Crippen LogP contribution in [0.4, 0.5) is 0 Å². The maximum atomic E-state index is 5.81. The molecule has 2 rings (SSSR count). The van der Waals surface area contributed by atoms with Gasteiger partial charge >= 0.3 is 0 Å². The van der Waals surface area contributed by atoms with Crippen molar-refractivity contribution in [2.75, 3.05) is 6.61 Å². The lowest BCUT2D eigenvalue weighted by Gasteiger charge is -2.10. The first-order valence-electron chi connectivity index (χ1n) is 4.29. The quantitative estimate of drug-likeness (QED) is 0.683. The molecule has 1 aliphatic heterocycles. The van der Waals surface area contributed by atoms with Gasteiger partial charge in [-0.25, -0.2) is 0 Å². The molecule has 0 amide bonds. The lowest BCUT2D eigenvalue weighted by molar-refractivity contribution is 0.352. The standard InChI is InChI=1S/C10H13NO/c1-7(11)9-4-2-3-8-5-6-12-10(8)9/h2-4,7H,5-6,11H2,1H3/t7-/m0/s1. The molecule has 0 bridgehead atoms. The number of ether oxygens (including phenoxy) is 1. The molecule has 0 aromatic heterocycles. The third-order valence-electron chi connectivity index (χ3n) is 2.24. The van der Waals surface area contributed by atoms with Crippen molar-refractivity contribution in [3.63, 3.8) is 0 Å². The van der Waals surface area contributed by atoms with Gasteiger partial charge in [-0.2, -0.15) is 0 Å². The van der Waals surface area contributed by atoms with Crippen LogP contribution in [0.25, 0.3) is 0 Å². The summed E-state index contributed by atoms with van der Waals surface area (Å²) >= 11 is 0. The smallest absolute Gasteiger partial charge is 0.127 e. The minimum Gasteiger partial charge on any atom is -0.493 e. The van der Waals surface area contributed by atoms with Crippen molar-refractivity contribution in [1.29, 1.82) is 0 Å². The Bertz CT molecular complexity index is 294. The predicted molar refractivity (Wildman–Crippen MR) is 48.2 cm³/mol. The van der Waals surface area contributed by atoms with Gasteiger partial charge < -0.3 is 10.5 Å². The number of nitrogens with two attached hydrogens (primary N) is 1. The van der Waals surface area contributed by atoms with Crippen molar-refractivity contribution < 1.29 is 4.74 Å². The first-order valence-corrected chi connectivity index (χ1v) is 4.29. The predicted octanol–water partition coefficient (Wildman–Crippen LogP) is 1.64. The Morgan fingerprint density at radius 1 is 1.50 bits per heavy atom. The van der Waals surface area contributed by atoms with E-state index in [1.54, 1.807) is 0 Å². The van der Waals surface area contributed by atoms with Crippen LogP contribution in [0.3, 0.4) is 0 Å². The molecule has 2 heteroatoms. The molecule has 64 valence electrons. The molecule has 1 aromatic carbocycles. The zero-order chi connectivity index (χ0) is 8.55. The van der Waals surface area contributed by atoms with Crippen molar-refractivity contribution >= 4 is 0 Å². The Morgan fingerprint density at radius 3 is 3.08 bits per heavy atom. The zero-order valence-corrected chi connectivity index (χ0v) is 7.21. The van der Waals surface area contributed by atoms with E-state index >= 15 is 0 Å². The summed E-state index contributed by atoms with van der Waals surface area (Å²) in [7, 11) is 0. The zero-order valence-electron chi connectivity index (χ0n) is 7.21. The summed E-state index contributed by atoms with van der Waals surface area (Å²) in [4.78, 5) is 0. The van der Waals surface area contributed by atoms with Gasteiger partial charge in [-0.05, 0) is 12.5 Å². The Balaban J connectivity index is 2.49. The largest absolute Gasteiger partial charge is 0.493 e. The lowest BCUT2D eigenvalue weighted by Crippen LogP contribution is -2.06. The van der Waals surface area contributed by atoms with E-state index < -0.39 is 0 Å². The second-order valence-electron chi connectivity index (χ2n) is 3.22. The number of benzene rings is 1. The van der Waals surface area contributed by atoms with E-state index in [4.69, 9.17) is 10.5 Å². The highest BCUT2D eigenvalue weighted by Gasteiger charge is 2.17. The highest BCUT2D eigenvalue weighted by Crippen LogP contribution is 2.32. The fourth-order valence-electron chi connectivity index (χ4n) is 1.60. The van der Waals surface area contributed by atoms with Gasteiger partial charge in [0.25, 0.3) is 0 Å². The third kappa shape index (κ3) is 1.08. The molecule has 0 saturated heterocycles. The van der Waals surface area contributed by atoms with Crippen molar-refractivity contribution in [1.82, 2.24) is 0 Å². The summed E-state index contributed by atoms with van der Waals surface area (Å²) in [6.45, 7) is 2.79. The molecule has 0 aliphatic carbocycles. The maximum absolute atomic E-state index is 5.81. The minimum absolute atomic E-state index is 0.0676. The Morgan fingerprint density at radius 2 is 2.33 bits per heavy atom. The van der Waals surface area contributed by atoms with Gasteiger partial charge in [-0.15, -0.1) is 0 Å². The Labute approximate surface area is 72.3 Å². The van der Waals surface area contributed by atoms with Crippen LogP contribution < -0.4 is 10.5 Å². The van der Waals surface area contributed by atoms with Gasteiger partial charge in [0.15, 0.2) is 0 Å². The fraction of sp³-hybridized carbons (Fsp3) is 0.400. The van der Waals surface area contributed by atoms with Crippen LogP contribution in [0.1, 0.15) is 24.1 Å². The number of para-hydroxylation sites is 1. The lowest BCUT2D eigenvalue weighted by atomic mass is 10.0. The second-order valence-corrected chi connectivity index (χ2v) is 3.22. The molecule has 12 heavy (non-hydrogen) atoms. The molecule has 0 fully saturated rings. The van der Waals surface area contributed by atoms with Crippen molar-refractivity contribution in [2.24, 2.45) is 5.73 Å². The summed E-state index contributed by atoms with van der Waals surface area (Å²) in [6.07, 6.45) is 1.02. The van der Waals surface area contributed by atoms with E-state index in [0.717, 1.165) is 24.3 Å². The topological polar surface area (TPSA) is 35.2 Å². The third-order valence-corrected chi connectivity index (χ3v) is 2.24. The van der Waals surface area contributed by atoms with E-state index in [1.807, 2.05) is 19.1 Å². The minimum atomic E-state index is 0.0676. The SMILES string of the molecule is C[C@H](N)c1cccc2c1OCC2. The van der Waals surface area contributed by atoms with Gasteiger partial charge in [-0.1, -0.05) is 18.2 Å². The molecule has 2 nitrogen and oxygen atoms in total. The highest BCUT2D eigenvalue weighted by atomic mass is 16.5. The van der Waals surface area contributed by atoms with Crippen molar-refractivity contribution in [3.05, 3.63) is 29.3 Å². The van der Waals surface area contributed by atoms with Crippen molar-refractivity contribution in [2.45, 2.75) is 19.4 Å². The Kier molecular flexibility index (Phi) is 1.77. The van der Waals surface area contributed by atoms with E-state index in [-0.39, 0.29) is 6.04 Å². The molecule has 0 saturated carbocycles. The molecule has 1 aliphatic rings. The van der Waals surface area contributed by atoms with E-state index in [1.165, 1.54) is 5.56 Å². The van der Waals surface area contributed by atoms with Crippen LogP contribution in [0, 0.1) is 0 Å². The number of rotatable bonds is 1. The van der Waals surface area contributed by atoms with Crippen LogP contribution >= 0.6 is 0 Å². The average molecular weight is 163 g/mol. The summed E-state index contributed by atoms with van der Waals surface area (Å²) in [6, 6.07) is 6.26. The summed E-state index contributed by atoms with van der Waals surface area (Å²) in [5.74, 6) is 1.02. The number of hydrogen-bond acceptors (Lipinski definition) is 2. The van der Waals surface area contributed by atoms with Crippen LogP contribution in [-0.4, -0.2) is 6.61 Å². The molecule has 0 unspecified atom stereocenters. The molecular weight excluding hydrogens is 150 g/mol. The van der Waals surface area contributed by atoms with Gasteiger partial charge in [0.1, 0.15) is 5.75 Å². The average Bonchev–Trinajstić information content (AvgIpc) is 2.49. The fourth-order valence-corrected chi connectivity index (χ4v) is 1.60. The summed E-state index contributed by atoms with van der Waals surface area (Å²) in [5.41, 5.74) is 8.23. The first kappa shape index (κ1) is 7.62. The highest BCUT2D eigenvalue weighted by molar-refractivity contribution is 5.45. The normalized spacial score (nSPS) is 16.8. The van der Waals surface area contributed by atoms with Crippen LogP contribution in [0.15, 0.2) is 18.2 Å². The van der Waals surface area contributed by atoms with Crippen LogP contribution in [0.5, 0.6) is 5.75 Å². The van der Waals surface area contributed by atoms with E-state index in [9.17, 15) is 0 Å². The van der Waals surface area contributed by atoms with Gasteiger partial charge in [0.2, 0.25) is 0 Å². The van der Waals surface area contributed by atoms with E-state index in [0.29, 0.717) is 0 Å². The van der Waals surface area contributed by atoms with Crippen LogP contribution in [-0.2, 0) is 6.42 Å². The van der Waals surface area contributed by atoms with Crippen molar-refractivity contribution in [3.8, 4) is 5.75 Å². The first-order chi connectivity index (χ1) is 5.79. The summed E-state index contributed by atoms with van der Waals surface area (Å²) in [5, 5.41) is 0. The van der Waals surface area contributed by atoms with Crippen LogP contribution in [0.2, 0.25) is 0 Å². The molecular formula is C10H13NO. The van der Waals surface area contributed by atoms with Gasteiger partial charge in [0.05, 0.1) is 6.61 Å². The maximum Gasteiger partial charge on any atom is 0.127 e. The van der Waals surface area contributed by atoms with Gasteiger partial charge in [-0.3, -0.25) is 0 Å². The molecule has 0 radical (unpaired) electrons. The van der Waals surface area contributed by atoms with E-state index in [2.05, 4.69) is 6.07 Å². The monoisotopic (exact) mass is 163 g/mol. The molecule has 0 spiro atoms.